The first-order valence-electron chi connectivity index (χ1n) is 9.54. The van der Waals surface area contributed by atoms with Gasteiger partial charge in [0.25, 0.3) is 0 Å². The Morgan fingerprint density at radius 1 is 1.00 bits per heavy atom. The fraction of sp³-hybridized carbons (Fsp3) is 0.136. The number of hydrogen-bond donors (Lipinski definition) is 3. The summed E-state index contributed by atoms with van der Waals surface area (Å²) in [5.41, 5.74) is 1.90. The summed E-state index contributed by atoms with van der Waals surface area (Å²) in [7, 11) is -2.67. The van der Waals surface area contributed by atoms with Crippen LogP contribution < -0.4 is 14.8 Å². The molecule has 0 saturated carbocycles. The molecule has 3 N–H and O–H groups in total. The van der Waals surface area contributed by atoms with Crippen molar-refractivity contribution in [3.05, 3.63) is 76.9 Å². The number of rotatable bonds is 6. The molecule has 0 unspecified atom stereocenters. The quantitative estimate of drug-likeness (QED) is 0.398. The number of ether oxygens (including phenoxy) is 1. The Hall–Kier alpha value is -3.50. The van der Waals surface area contributed by atoms with Gasteiger partial charge >= 0.3 is 5.97 Å². The first-order valence-corrected chi connectivity index (χ1v) is 11.0. The smallest absolute Gasteiger partial charge is 0.338 e. The van der Waals surface area contributed by atoms with Gasteiger partial charge in [-0.25, -0.2) is 26.7 Å². The maximum Gasteiger partial charge on any atom is 0.338 e. The fourth-order valence-corrected chi connectivity index (χ4v) is 4.16. The van der Waals surface area contributed by atoms with Gasteiger partial charge in [-0.15, -0.1) is 0 Å². The van der Waals surface area contributed by atoms with Gasteiger partial charge in [0.05, 0.1) is 21.8 Å². The van der Waals surface area contributed by atoms with Gasteiger partial charge in [-0.3, -0.25) is 0 Å². The molecule has 0 saturated heterocycles. The van der Waals surface area contributed by atoms with Crippen molar-refractivity contribution in [3.63, 3.8) is 0 Å². The van der Waals surface area contributed by atoms with E-state index in [2.05, 4.69) is 10.0 Å². The summed E-state index contributed by atoms with van der Waals surface area (Å²) >= 11 is 0. The highest BCUT2D eigenvalue weighted by atomic mass is 32.2. The highest BCUT2D eigenvalue weighted by Crippen LogP contribution is 2.45. The molecule has 1 aliphatic rings. The lowest BCUT2D eigenvalue weighted by Crippen LogP contribution is -2.20. The van der Waals surface area contributed by atoms with Gasteiger partial charge in [-0.1, -0.05) is 12.1 Å². The molecule has 0 bridgehead atoms. The van der Waals surface area contributed by atoms with Crippen LogP contribution in [0.25, 0.3) is 0 Å². The monoisotopic (exact) mass is 460 g/mol. The van der Waals surface area contributed by atoms with Gasteiger partial charge in [0, 0.05) is 6.07 Å². The second-order valence-electron chi connectivity index (χ2n) is 7.16. The first-order chi connectivity index (χ1) is 15.2. The van der Waals surface area contributed by atoms with E-state index in [4.69, 9.17) is 4.74 Å². The summed E-state index contributed by atoms with van der Waals surface area (Å²) in [6, 6.07) is 11.3. The molecule has 166 valence electrons. The number of carboxylic acids is 1. The normalized spacial score (nSPS) is 12.3. The lowest BCUT2D eigenvalue weighted by molar-refractivity contribution is 0.0697. The zero-order valence-electron chi connectivity index (χ0n) is 16.8. The third-order valence-corrected chi connectivity index (χ3v) is 6.49. The molecule has 0 radical (unpaired) electrons. The van der Waals surface area contributed by atoms with Crippen LogP contribution in [0.3, 0.4) is 0 Å². The molecule has 0 aliphatic carbocycles. The van der Waals surface area contributed by atoms with Crippen LogP contribution in [-0.4, -0.2) is 26.5 Å². The Kier molecular flexibility index (Phi) is 5.57. The van der Waals surface area contributed by atoms with Gasteiger partial charge < -0.3 is 15.2 Å². The van der Waals surface area contributed by atoms with E-state index < -0.39 is 27.6 Å². The SMILES string of the molecule is CNS(=O)(=O)c1cc2c(c(C(=O)O)c1)Nc1ccc(CCc3ccc(F)c(F)c3)cc1O2. The average Bonchev–Trinajstić information content (AvgIpc) is 2.77. The van der Waals surface area contributed by atoms with Gasteiger partial charge in [0.1, 0.15) is 0 Å². The molecule has 0 fully saturated rings. The largest absolute Gasteiger partial charge is 0.478 e. The third-order valence-electron chi connectivity index (χ3n) is 5.10. The minimum atomic E-state index is -3.90. The number of halogens is 2. The second-order valence-corrected chi connectivity index (χ2v) is 9.05. The number of aryl methyl sites for hydroxylation is 2. The highest BCUT2D eigenvalue weighted by molar-refractivity contribution is 7.89. The van der Waals surface area contributed by atoms with E-state index in [1.54, 1.807) is 18.2 Å². The molecule has 0 amide bonds. The number of sulfonamides is 1. The zero-order chi connectivity index (χ0) is 23.0. The second kappa shape index (κ2) is 8.21. The molecule has 0 aromatic heterocycles. The maximum absolute atomic E-state index is 13.4. The van der Waals surface area contributed by atoms with Crippen molar-refractivity contribution in [1.82, 2.24) is 4.72 Å². The number of fused-ring (bicyclic) bond motifs is 2. The van der Waals surface area contributed by atoms with E-state index in [0.29, 0.717) is 29.8 Å². The number of carbonyl (C=O) groups is 1. The van der Waals surface area contributed by atoms with Crippen LogP contribution in [0.2, 0.25) is 0 Å². The van der Waals surface area contributed by atoms with Crippen molar-refractivity contribution >= 4 is 27.4 Å². The Bertz CT molecular complexity index is 1340. The van der Waals surface area contributed by atoms with Crippen LogP contribution in [0.15, 0.2) is 53.4 Å². The molecule has 0 atom stereocenters. The van der Waals surface area contributed by atoms with Crippen LogP contribution in [-0.2, 0) is 22.9 Å². The van der Waals surface area contributed by atoms with Crippen molar-refractivity contribution in [1.29, 1.82) is 0 Å². The molecule has 1 aliphatic heterocycles. The summed E-state index contributed by atoms with van der Waals surface area (Å²) in [6.07, 6.45) is 0.983. The number of aromatic carboxylic acids is 1. The average molecular weight is 460 g/mol. The van der Waals surface area contributed by atoms with Crippen LogP contribution in [0, 0.1) is 11.6 Å². The summed E-state index contributed by atoms with van der Waals surface area (Å²) in [4.78, 5) is 11.5. The van der Waals surface area contributed by atoms with E-state index in [1.807, 2.05) is 0 Å². The standard InChI is InChI=1S/C22H18F2N2O5S/c1-25-32(29,30)14-10-15(22(27)28)21-20(11-14)31-19-9-13(5-7-18(19)26-21)3-2-12-4-6-16(23)17(24)8-12/h4-11,25-26H,2-3H2,1H3,(H,27,28). The predicted octanol–water partition coefficient (Wildman–Crippen LogP) is 4.21. The van der Waals surface area contributed by atoms with Gasteiger partial charge in [-0.2, -0.15) is 0 Å². The van der Waals surface area contributed by atoms with E-state index >= 15 is 0 Å². The number of anilines is 2. The summed E-state index contributed by atoms with van der Waals surface area (Å²) in [6.45, 7) is 0. The van der Waals surface area contributed by atoms with Gasteiger partial charge in [0.2, 0.25) is 10.0 Å². The van der Waals surface area contributed by atoms with E-state index in [1.165, 1.54) is 19.2 Å². The van der Waals surface area contributed by atoms with Gasteiger partial charge in [-0.05, 0) is 61.3 Å². The highest BCUT2D eigenvalue weighted by Gasteiger charge is 2.27. The molecule has 32 heavy (non-hydrogen) atoms. The lowest BCUT2D eigenvalue weighted by Gasteiger charge is -2.24. The fourth-order valence-electron chi connectivity index (χ4n) is 3.39. The summed E-state index contributed by atoms with van der Waals surface area (Å²) < 4.78 is 58.9. The van der Waals surface area contributed by atoms with E-state index in [9.17, 15) is 27.1 Å². The first kappa shape index (κ1) is 21.7. The minimum absolute atomic E-state index is 0.0592. The van der Waals surface area contributed by atoms with E-state index in [-0.39, 0.29) is 21.9 Å². The third kappa shape index (κ3) is 4.14. The lowest BCUT2D eigenvalue weighted by atomic mass is 10.0. The molecule has 4 rings (SSSR count). The molecule has 3 aromatic carbocycles. The van der Waals surface area contributed by atoms with Crippen LogP contribution in [0.1, 0.15) is 21.5 Å². The molecule has 10 heteroatoms. The van der Waals surface area contributed by atoms with Crippen molar-refractivity contribution in [2.24, 2.45) is 0 Å². The zero-order valence-corrected chi connectivity index (χ0v) is 17.6. The maximum atomic E-state index is 13.4. The molecular weight excluding hydrogens is 442 g/mol. The van der Waals surface area contributed by atoms with Crippen LogP contribution in [0.5, 0.6) is 11.5 Å². The van der Waals surface area contributed by atoms with Crippen molar-refractivity contribution in [2.75, 3.05) is 12.4 Å². The Morgan fingerprint density at radius 3 is 2.34 bits per heavy atom. The Labute approximate surface area is 182 Å². The number of carboxylic acid groups (broad SMARTS) is 1. The molecule has 1 heterocycles. The predicted molar refractivity (Wildman–Crippen MR) is 113 cm³/mol. The Morgan fingerprint density at radius 2 is 1.69 bits per heavy atom. The summed E-state index contributed by atoms with van der Waals surface area (Å²) in [5, 5.41) is 12.5. The minimum Gasteiger partial charge on any atom is -0.478 e. The number of benzene rings is 3. The van der Waals surface area contributed by atoms with Crippen molar-refractivity contribution in [3.8, 4) is 11.5 Å². The summed E-state index contributed by atoms with van der Waals surface area (Å²) in [5.74, 6) is -2.67. The molecule has 0 spiro atoms. The van der Waals surface area contributed by atoms with Crippen LogP contribution in [0.4, 0.5) is 20.2 Å². The molecule has 7 nitrogen and oxygen atoms in total. The molecular formula is C22H18F2N2O5S. The number of nitrogens with one attached hydrogen (secondary N) is 2. The van der Waals surface area contributed by atoms with Crippen molar-refractivity contribution in [2.45, 2.75) is 17.7 Å². The number of hydrogen-bond acceptors (Lipinski definition) is 5. The van der Waals surface area contributed by atoms with Crippen molar-refractivity contribution < 1.29 is 31.8 Å². The Balaban J connectivity index is 1.63. The topological polar surface area (TPSA) is 105 Å². The van der Waals surface area contributed by atoms with E-state index in [0.717, 1.165) is 23.8 Å². The van der Waals surface area contributed by atoms with Crippen LogP contribution >= 0.6 is 0 Å². The molecule has 3 aromatic rings. The van der Waals surface area contributed by atoms with Gasteiger partial charge in [0.15, 0.2) is 23.1 Å².